The Morgan fingerprint density at radius 3 is 2.37 bits per heavy atom. The van der Waals surface area contributed by atoms with E-state index >= 15 is 0 Å². The second-order valence-electron chi connectivity index (χ2n) is 5.99. The van der Waals surface area contributed by atoms with Crippen LogP contribution in [0.3, 0.4) is 0 Å². The summed E-state index contributed by atoms with van der Waals surface area (Å²) in [5, 5.41) is 12.0. The van der Waals surface area contributed by atoms with Crippen molar-refractivity contribution in [3.63, 3.8) is 0 Å². The molecule has 0 spiro atoms. The van der Waals surface area contributed by atoms with Crippen molar-refractivity contribution < 1.29 is 33.0 Å². The highest BCUT2D eigenvalue weighted by atomic mass is 19.3. The fourth-order valence-corrected chi connectivity index (χ4v) is 2.60. The molecule has 2 N–H and O–H groups in total. The summed E-state index contributed by atoms with van der Waals surface area (Å²) in [6.45, 7) is -1.38. The summed E-state index contributed by atoms with van der Waals surface area (Å²) in [6, 6.07) is 11.8. The van der Waals surface area contributed by atoms with Gasteiger partial charge in [-0.15, -0.1) is 0 Å². The lowest BCUT2D eigenvalue weighted by Gasteiger charge is -2.30. The number of rotatable bonds is 8. The summed E-state index contributed by atoms with van der Waals surface area (Å²) in [4.78, 5) is 23.9. The Labute approximate surface area is 154 Å². The fraction of sp³-hybridized carbons (Fsp3) is 0.263. The first-order valence-corrected chi connectivity index (χ1v) is 7.97. The molecule has 0 aliphatic heterocycles. The van der Waals surface area contributed by atoms with Crippen LogP contribution >= 0.6 is 0 Å². The Kier molecular flexibility index (Phi) is 6.33. The molecule has 1 atom stereocenters. The largest absolute Gasteiger partial charge is 0.497 e. The van der Waals surface area contributed by atoms with E-state index in [2.05, 4.69) is 10.1 Å². The smallest absolute Gasteiger partial charge is 0.387 e. The summed E-state index contributed by atoms with van der Waals surface area (Å²) in [7, 11) is 1.48. The lowest BCUT2D eigenvalue weighted by atomic mass is 9.88. The fourth-order valence-electron chi connectivity index (χ4n) is 2.60. The van der Waals surface area contributed by atoms with Gasteiger partial charge in [-0.25, -0.2) is 0 Å². The highest BCUT2D eigenvalue weighted by Crippen LogP contribution is 2.28. The predicted octanol–water partition coefficient (Wildman–Crippen LogP) is 3.42. The van der Waals surface area contributed by atoms with E-state index in [1.165, 1.54) is 31.4 Å². The lowest BCUT2D eigenvalue weighted by Crippen LogP contribution is -2.45. The summed E-state index contributed by atoms with van der Waals surface area (Å²) in [5.41, 5.74) is -0.485. The van der Waals surface area contributed by atoms with Crippen molar-refractivity contribution in [2.75, 3.05) is 7.11 Å². The number of nitrogens with one attached hydrogen (secondary N) is 1. The zero-order chi connectivity index (χ0) is 20.0. The molecule has 0 radical (unpaired) electrons. The minimum atomic E-state index is -2.96. The van der Waals surface area contributed by atoms with Crippen LogP contribution in [0.1, 0.15) is 29.3 Å². The van der Waals surface area contributed by atoms with E-state index in [0.29, 0.717) is 11.3 Å². The zero-order valence-corrected chi connectivity index (χ0v) is 14.7. The molecule has 0 heterocycles. The topological polar surface area (TPSA) is 84.9 Å². The van der Waals surface area contributed by atoms with Crippen molar-refractivity contribution in [3.05, 3.63) is 59.7 Å². The van der Waals surface area contributed by atoms with E-state index < -0.39 is 24.0 Å². The summed E-state index contributed by atoms with van der Waals surface area (Å²) < 4.78 is 33.8. The molecule has 1 unspecified atom stereocenters. The maximum absolute atomic E-state index is 12.6. The number of benzene rings is 2. The van der Waals surface area contributed by atoms with Crippen LogP contribution in [-0.2, 0) is 10.3 Å². The molecule has 27 heavy (non-hydrogen) atoms. The van der Waals surface area contributed by atoms with Crippen molar-refractivity contribution in [1.82, 2.24) is 5.32 Å². The van der Waals surface area contributed by atoms with Gasteiger partial charge in [-0.05, 0) is 48.9 Å². The van der Waals surface area contributed by atoms with Crippen molar-refractivity contribution >= 4 is 11.9 Å². The molecule has 0 aliphatic rings. The van der Waals surface area contributed by atoms with E-state index in [4.69, 9.17) is 4.74 Å². The van der Waals surface area contributed by atoms with E-state index in [-0.39, 0.29) is 17.7 Å². The number of methoxy groups -OCH3 is 1. The first-order valence-electron chi connectivity index (χ1n) is 7.97. The number of carboxylic acid groups (broad SMARTS) is 1. The number of alkyl halides is 2. The molecule has 0 saturated heterocycles. The Morgan fingerprint density at radius 1 is 1.15 bits per heavy atom. The molecule has 6 nitrogen and oxygen atoms in total. The number of carboxylic acids is 1. The summed E-state index contributed by atoms with van der Waals surface area (Å²) in [5.74, 6) is -1.21. The van der Waals surface area contributed by atoms with Gasteiger partial charge in [0.15, 0.2) is 0 Å². The van der Waals surface area contributed by atoms with Crippen LogP contribution in [0, 0.1) is 0 Å². The first-order chi connectivity index (χ1) is 12.7. The first kappa shape index (κ1) is 20.2. The molecule has 0 bridgehead atoms. The van der Waals surface area contributed by atoms with Gasteiger partial charge in [0.05, 0.1) is 19.1 Å². The molecule has 0 aromatic heterocycles. The van der Waals surface area contributed by atoms with Crippen LogP contribution in [0.4, 0.5) is 8.78 Å². The van der Waals surface area contributed by atoms with Gasteiger partial charge in [-0.1, -0.05) is 12.1 Å². The van der Waals surface area contributed by atoms with E-state index in [0.717, 1.165) is 0 Å². The van der Waals surface area contributed by atoms with Crippen LogP contribution in [0.5, 0.6) is 11.5 Å². The van der Waals surface area contributed by atoms with Crippen LogP contribution in [-0.4, -0.2) is 30.7 Å². The maximum atomic E-state index is 12.6. The van der Waals surface area contributed by atoms with Crippen molar-refractivity contribution in [3.8, 4) is 11.5 Å². The minimum Gasteiger partial charge on any atom is -0.497 e. The number of amides is 1. The molecule has 2 aromatic carbocycles. The summed E-state index contributed by atoms with van der Waals surface area (Å²) >= 11 is 0. The average molecular weight is 379 g/mol. The second-order valence-corrected chi connectivity index (χ2v) is 5.99. The normalized spacial score (nSPS) is 12.9. The van der Waals surface area contributed by atoms with Gasteiger partial charge < -0.3 is 19.9 Å². The molecule has 8 heteroatoms. The van der Waals surface area contributed by atoms with E-state index in [1.54, 1.807) is 31.2 Å². The van der Waals surface area contributed by atoms with Crippen LogP contribution in [0.25, 0.3) is 0 Å². The van der Waals surface area contributed by atoms with Crippen molar-refractivity contribution in [1.29, 1.82) is 0 Å². The quantitative estimate of drug-likeness (QED) is 0.734. The summed E-state index contributed by atoms with van der Waals surface area (Å²) in [6.07, 6.45) is -0.363. The number of hydrogen-bond acceptors (Lipinski definition) is 4. The third-order valence-corrected chi connectivity index (χ3v) is 3.94. The molecule has 0 aliphatic carbocycles. The second kappa shape index (κ2) is 8.48. The van der Waals surface area contributed by atoms with Gasteiger partial charge in [0, 0.05) is 5.56 Å². The molecule has 2 rings (SSSR count). The Hall–Kier alpha value is -3.16. The lowest BCUT2D eigenvalue weighted by molar-refractivity contribution is -0.138. The maximum Gasteiger partial charge on any atom is 0.387 e. The van der Waals surface area contributed by atoms with E-state index in [9.17, 15) is 23.5 Å². The number of ether oxygens (including phenoxy) is 2. The molecule has 0 fully saturated rings. The standard InChI is InChI=1S/C19H19F2NO5/c1-19(11-16(23)24,13-4-3-5-15(10-13)26-2)22-17(25)12-6-8-14(9-7-12)27-18(20)21/h3-10,18H,11H2,1-2H3,(H,22,25)(H,23,24). The number of hydrogen-bond donors (Lipinski definition) is 2. The minimum absolute atomic E-state index is 0.0809. The van der Waals surface area contributed by atoms with Gasteiger partial charge in [-0.2, -0.15) is 8.78 Å². The third kappa shape index (κ3) is 5.40. The zero-order valence-electron chi connectivity index (χ0n) is 14.7. The van der Waals surface area contributed by atoms with Crippen molar-refractivity contribution in [2.24, 2.45) is 0 Å². The molecule has 144 valence electrons. The van der Waals surface area contributed by atoms with Crippen LogP contribution in [0.2, 0.25) is 0 Å². The van der Waals surface area contributed by atoms with Gasteiger partial charge in [0.1, 0.15) is 11.5 Å². The predicted molar refractivity (Wildman–Crippen MR) is 93.1 cm³/mol. The monoisotopic (exact) mass is 379 g/mol. The SMILES string of the molecule is COc1cccc(C(C)(CC(=O)O)NC(=O)c2ccc(OC(F)F)cc2)c1. The van der Waals surface area contributed by atoms with Gasteiger partial charge in [0.25, 0.3) is 5.91 Å². The van der Waals surface area contributed by atoms with Gasteiger partial charge in [0.2, 0.25) is 0 Å². The van der Waals surface area contributed by atoms with Gasteiger partial charge >= 0.3 is 12.6 Å². The third-order valence-electron chi connectivity index (χ3n) is 3.94. The molecular weight excluding hydrogens is 360 g/mol. The number of carbonyl (C=O) groups excluding carboxylic acids is 1. The molecule has 2 aromatic rings. The average Bonchev–Trinajstić information content (AvgIpc) is 2.61. The molecular formula is C19H19F2NO5. The molecule has 0 saturated carbocycles. The Bertz CT molecular complexity index is 810. The highest BCUT2D eigenvalue weighted by molar-refractivity contribution is 5.95. The van der Waals surface area contributed by atoms with Crippen LogP contribution in [0.15, 0.2) is 48.5 Å². The van der Waals surface area contributed by atoms with Crippen LogP contribution < -0.4 is 14.8 Å². The van der Waals surface area contributed by atoms with Crippen molar-refractivity contribution in [2.45, 2.75) is 25.5 Å². The number of halogens is 2. The number of carbonyl (C=O) groups is 2. The highest BCUT2D eigenvalue weighted by Gasteiger charge is 2.32. The Morgan fingerprint density at radius 2 is 1.81 bits per heavy atom. The number of aliphatic carboxylic acids is 1. The Balaban J connectivity index is 2.26. The molecule has 1 amide bonds. The van der Waals surface area contributed by atoms with Gasteiger partial charge in [-0.3, -0.25) is 9.59 Å². The van der Waals surface area contributed by atoms with E-state index in [1.807, 2.05) is 0 Å².